The third-order valence-corrected chi connectivity index (χ3v) is 4.44. The molecule has 2 unspecified atom stereocenters. The molecule has 2 heterocycles. The van der Waals surface area contributed by atoms with Gasteiger partial charge in [-0.25, -0.2) is 9.80 Å². The first-order valence-electron chi connectivity index (χ1n) is 6.41. The Morgan fingerprint density at radius 3 is 2.70 bits per heavy atom. The van der Waals surface area contributed by atoms with Crippen molar-refractivity contribution in [3.8, 4) is 0 Å². The highest BCUT2D eigenvalue weighted by atomic mass is 32.2. The largest absolute Gasteiger partial charge is 0.480 e. The molecule has 1 N–H and O–H groups in total. The highest BCUT2D eigenvalue weighted by molar-refractivity contribution is 8.13. The first kappa shape index (κ1) is 14.8. The van der Waals surface area contributed by atoms with Crippen LogP contribution in [0.5, 0.6) is 0 Å². The van der Waals surface area contributed by atoms with Gasteiger partial charge in [0.1, 0.15) is 0 Å². The number of hydrazine groups is 1. The van der Waals surface area contributed by atoms with E-state index in [1.54, 1.807) is 0 Å². The molecule has 0 aliphatic carbocycles. The van der Waals surface area contributed by atoms with Gasteiger partial charge in [-0.2, -0.15) is 0 Å². The van der Waals surface area contributed by atoms with Gasteiger partial charge >= 0.3 is 5.97 Å². The summed E-state index contributed by atoms with van der Waals surface area (Å²) in [5.41, 5.74) is 0. The van der Waals surface area contributed by atoms with E-state index in [4.69, 9.17) is 0 Å². The zero-order valence-corrected chi connectivity index (χ0v) is 11.9. The maximum Gasteiger partial charge on any atom is 0.328 e. The molecule has 2 amide bonds. The zero-order valence-electron chi connectivity index (χ0n) is 11.1. The molecule has 0 bridgehead atoms. The highest BCUT2D eigenvalue weighted by Crippen LogP contribution is 2.29. The van der Waals surface area contributed by atoms with Crippen LogP contribution in [0.1, 0.15) is 26.2 Å². The summed E-state index contributed by atoms with van der Waals surface area (Å²) in [7, 11) is 0. The maximum absolute atomic E-state index is 12.4. The fourth-order valence-electron chi connectivity index (χ4n) is 2.52. The Morgan fingerprint density at radius 1 is 1.40 bits per heavy atom. The van der Waals surface area contributed by atoms with E-state index in [0.29, 0.717) is 19.4 Å². The van der Waals surface area contributed by atoms with Gasteiger partial charge < -0.3 is 5.11 Å². The van der Waals surface area contributed by atoms with Crippen molar-refractivity contribution in [1.29, 1.82) is 0 Å². The average molecular weight is 300 g/mol. The zero-order chi connectivity index (χ0) is 14.9. The number of carbonyl (C=O) groups excluding carboxylic acids is 3. The number of nitrogens with zero attached hydrogens (tertiary/aromatic N) is 2. The van der Waals surface area contributed by atoms with Gasteiger partial charge in [-0.3, -0.25) is 19.4 Å². The van der Waals surface area contributed by atoms with Crippen LogP contribution in [-0.2, 0) is 19.2 Å². The van der Waals surface area contributed by atoms with Gasteiger partial charge in [0.2, 0.25) is 11.8 Å². The number of amides is 2. The molecule has 2 rings (SSSR count). The summed E-state index contributed by atoms with van der Waals surface area (Å²) in [5.74, 6) is -2.12. The summed E-state index contributed by atoms with van der Waals surface area (Å²) >= 11 is 0.988. The SMILES string of the molecule is CC(=O)SCC1CC(=O)N2CCCC(C(=O)O)N2C1=O. The first-order chi connectivity index (χ1) is 9.41. The molecule has 0 aromatic rings. The van der Waals surface area contributed by atoms with Crippen molar-refractivity contribution < 1.29 is 24.3 Å². The third-order valence-electron chi connectivity index (χ3n) is 3.46. The number of carboxylic acid groups (broad SMARTS) is 1. The number of carboxylic acids is 1. The van der Waals surface area contributed by atoms with E-state index in [9.17, 15) is 24.3 Å². The van der Waals surface area contributed by atoms with Gasteiger partial charge in [0.25, 0.3) is 0 Å². The molecular weight excluding hydrogens is 284 g/mol. The molecule has 0 saturated carbocycles. The lowest BCUT2D eigenvalue weighted by Crippen LogP contribution is -2.65. The topological polar surface area (TPSA) is 95.0 Å². The van der Waals surface area contributed by atoms with Crippen LogP contribution in [0.4, 0.5) is 0 Å². The molecular formula is C12H16N2O5S. The van der Waals surface area contributed by atoms with Gasteiger partial charge in [0.15, 0.2) is 11.2 Å². The normalized spacial score (nSPS) is 26.4. The molecule has 8 heteroatoms. The fourth-order valence-corrected chi connectivity index (χ4v) is 3.21. The minimum atomic E-state index is -1.10. The predicted molar refractivity (Wildman–Crippen MR) is 70.5 cm³/mol. The molecule has 0 spiro atoms. The lowest BCUT2D eigenvalue weighted by atomic mass is 9.98. The Bertz CT molecular complexity index is 461. The number of fused-ring (bicyclic) bond motifs is 1. The predicted octanol–water partition coefficient (Wildman–Crippen LogP) is 0.105. The fraction of sp³-hybridized carbons (Fsp3) is 0.667. The molecule has 0 aromatic heterocycles. The van der Waals surface area contributed by atoms with E-state index in [-0.39, 0.29) is 29.1 Å². The average Bonchev–Trinajstić information content (AvgIpc) is 2.40. The van der Waals surface area contributed by atoms with Crippen LogP contribution in [-0.4, -0.2) is 56.4 Å². The van der Waals surface area contributed by atoms with Crippen molar-refractivity contribution in [3.05, 3.63) is 0 Å². The second-order valence-corrected chi connectivity index (χ2v) is 6.10. The Morgan fingerprint density at radius 2 is 2.10 bits per heavy atom. The summed E-state index contributed by atoms with van der Waals surface area (Å²) < 4.78 is 0. The number of thioether (sulfide) groups is 1. The molecule has 2 aliphatic rings. The van der Waals surface area contributed by atoms with Crippen molar-refractivity contribution in [2.75, 3.05) is 12.3 Å². The Kier molecular flexibility index (Phi) is 4.32. The van der Waals surface area contributed by atoms with Crippen molar-refractivity contribution >= 4 is 34.7 Å². The molecule has 110 valence electrons. The second kappa shape index (κ2) is 5.82. The monoisotopic (exact) mass is 300 g/mol. The summed E-state index contributed by atoms with van der Waals surface area (Å²) in [6.45, 7) is 1.77. The van der Waals surface area contributed by atoms with E-state index >= 15 is 0 Å². The number of aliphatic carboxylic acids is 1. The number of hydrogen-bond acceptors (Lipinski definition) is 5. The summed E-state index contributed by atoms with van der Waals surface area (Å²) in [6, 6.07) is -0.981. The van der Waals surface area contributed by atoms with Gasteiger partial charge in [0, 0.05) is 25.6 Å². The second-order valence-electron chi connectivity index (χ2n) is 4.90. The molecule has 2 atom stereocenters. The number of hydrogen-bond donors (Lipinski definition) is 1. The summed E-state index contributed by atoms with van der Waals surface area (Å²) in [4.78, 5) is 46.6. The highest BCUT2D eigenvalue weighted by Gasteiger charge is 2.46. The Labute approximate surface area is 120 Å². The quantitative estimate of drug-likeness (QED) is 0.794. The van der Waals surface area contributed by atoms with Crippen LogP contribution in [0.15, 0.2) is 0 Å². The van der Waals surface area contributed by atoms with E-state index < -0.39 is 17.9 Å². The Balaban J connectivity index is 2.18. The van der Waals surface area contributed by atoms with Crippen LogP contribution < -0.4 is 0 Å². The maximum atomic E-state index is 12.4. The van der Waals surface area contributed by atoms with E-state index in [1.807, 2.05) is 0 Å². The van der Waals surface area contributed by atoms with Crippen molar-refractivity contribution in [1.82, 2.24) is 10.0 Å². The molecule has 2 fully saturated rings. The molecule has 20 heavy (non-hydrogen) atoms. The first-order valence-corrected chi connectivity index (χ1v) is 7.40. The standard InChI is InChI=1S/C12H16N2O5S/c1-7(15)20-6-8-5-10(16)13-4-2-3-9(12(18)19)14(13)11(8)17/h8-9H,2-6H2,1H3,(H,18,19). The van der Waals surface area contributed by atoms with Gasteiger partial charge in [-0.1, -0.05) is 11.8 Å². The lowest BCUT2D eigenvalue weighted by Gasteiger charge is -2.46. The van der Waals surface area contributed by atoms with Gasteiger partial charge in [-0.05, 0) is 12.8 Å². The van der Waals surface area contributed by atoms with Crippen LogP contribution >= 0.6 is 11.8 Å². The lowest BCUT2D eigenvalue weighted by molar-refractivity contribution is -0.191. The van der Waals surface area contributed by atoms with Crippen molar-refractivity contribution in [2.24, 2.45) is 5.92 Å². The minimum absolute atomic E-state index is 0.0436. The Hall–Kier alpha value is -1.57. The van der Waals surface area contributed by atoms with Crippen LogP contribution in [0.25, 0.3) is 0 Å². The summed E-state index contributed by atoms with van der Waals surface area (Å²) in [6.07, 6.45) is 0.957. The molecule has 0 aromatic carbocycles. The van der Waals surface area contributed by atoms with Crippen LogP contribution in [0, 0.1) is 5.92 Å². The summed E-state index contributed by atoms with van der Waals surface area (Å²) in [5, 5.41) is 11.4. The third kappa shape index (κ3) is 2.79. The molecule has 2 aliphatic heterocycles. The molecule has 2 saturated heterocycles. The van der Waals surface area contributed by atoms with Crippen LogP contribution in [0.3, 0.4) is 0 Å². The minimum Gasteiger partial charge on any atom is -0.480 e. The molecule has 7 nitrogen and oxygen atoms in total. The number of carbonyl (C=O) groups is 4. The smallest absolute Gasteiger partial charge is 0.328 e. The van der Waals surface area contributed by atoms with E-state index in [0.717, 1.165) is 16.8 Å². The van der Waals surface area contributed by atoms with Gasteiger partial charge in [-0.15, -0.1) is 0 Å². The van der Waals surface area contributed by atoms with E-state index in [2.05, 4.69) is 0 Å². The number of rotatable bonds is 3. The van der Waals surface area contributed by atoms with E-state index in [1.165, 1.54) is 11.9 Å². The van der Waals surface area contributed by atoms with Crippen molar-refractivity contribution in [3.63, 3.8) is 0 Å². The van der Waals surface area contributed by atoms with Crippen molar-refractivity contribution in [2.45, 2.75) is 32.2 Å². The van der Waals surface area contributed by atoms with Crippen LogP contribution in [0.2, 0.25) is 0 Å². The molecule has 0 radical (unpaired) electrons. The van der Waals surface area contributed by atoms with Gasteiger partial charge in [0.05, 0.1) is 5.92 Å².